The normalized spacial score (nSPS) is 14.1. The second-order valence-corrected chi connectivity index (χ2v) is 8.52. The lowest BCUT2D eigenvalue weighted by Crippen LogP contribution is -2.52. The third-order valence-corrected chi connectivity index (χ3v) is 5.60. The van der Waals surface area contributed by atoms with E-state index < -0.39 is 0 Å². The van der Waals surface area contributed by atoms with Crippen LogP contribution in [-0.2, 0) is 9.59 Å². The number of likely N-dealkylation sites (N-methyl/N-ethyl adjacent to an activating group) is 1. The van der Waals surface area contributed by atoms with Crippen molar-refractivity contribution in [2.45, 2.75) is 34.1 Å². The van der Waals surface area contributed by atoms with Crippen LogP contribution in [-0.4, -0.2) is 71.1 Å². The Labute approximate surface area is 185 Å². The average molecular weight is 424 g/mol. The van der Waals surface area contributed by atoms with Crippen molar-refractivity contribution in [1.82, 2.24) is 20.0 Å². The van der Waals surface area contributed by atoms with Gasteiger partial charge in [-0.3, -0.25) is 9.59 Å². The summed E-state index contributed by atoms with van der Waals surface area (Å²) in [6, 6.07) is 12.2. The predicted octanol–water partition coefficient (Wildman–Crippen LogP) is 3.00. The minimum atomic E-state index is 0.0133. The number of carbonyl (C=O) groups excluding carboxylic acids is 2. The molecule has 1 aliphatic rings. The molecule has 1 aromatic carbocycles. The number of benzene rings is 1. The molecule has 7 nitrogen and oxygen atoms in total. The maximum atomic E-state index is 12.7. The molecule has 2 heterocycles. The van der Waals surface area contributed by atoms with Crippen LogP contribution in [0, 0.1) is 12.8 Å². The van der Waals surface area contributed by atoms with E-state index in [0.29, 0.717) is 45.1 Å². The third-order valence-electron chi connectivity index (χ3n) is 5.60. The van der Waals surface area contributed by atoms with Crippen molar-refractivity contribution >= 4 is 17.6 Å². The third kappa shape index (κ3) is 6.03. The summed E-state index contributed by atoms with van der Waals surface area (Å²) in [5.41, 5.74) is 3.11. The maximum absolute atomic E-state index is 12.7. The molecule has 0 aliphatic carbocycles. The number of nitrogens with zero attached hydrogens (tertiary/aromatic N) is 5. The number of hydrogen-bond donors (Lipinski definition) is 0. The Morgan fingerprint density at radius 2 is 1.68 bits per heavy atom. The van der Waals surface area contributed by atoms with Crippen LogP contribution in [0.1, 0.15) is 32.8 Å². The second-order valence-electron chi connectivity index (χ2n) is 8.52. The van der Waals surface area contributed by atoms with Gasteiger partial charge in [-0.15, -0.1) is 10.2 Å². The van der Waals surface area contributed by atoms with Crippen molar-refractivity contribution in [3.8, 4) is 11.3 Å². The highest BCUT2D eigenvalue weighted by atomic mass is 16.2. The largest absolute Gasteiger partial charge is 0.352 e. The Balaban J connectivity index is 1.53. The van der Waals surface area contributed by atoms with Gasteiger partial charge in [-0.25, -0.2) is 0 Å². The topological polar surface area (TPSA) is 69.6 Å². The zero-order chi connectivity index (χ0) is 22.4. The highest BCUT2D eigenvalue weighted by molar-refractivity contribution is 5.85. The van der Waals surface area contributed by atoms with E-state index in [4.69, 9.17) is 0 Å². The van der Waals surface area contributed by atoms with Gasteiger partial charge in [-0.05, 0) is 31.9 Å². The van der Waals surface area contributed by atoms with Gasteiger partial charge in [0.05, 0.1) is 12.2 Å². The monoisotopic (exact) mass is 423 g/mol. The fourth-order valence-electron chi connectivity index (χ4n) is 3.68. The molecule has 2 amide bonds. The summed E-state index contributed by atoms with van der Waals surface area (Å²) < 4.78 is 0. The summed E-state index contributed by atoms with van der Waals surface area (Å²) in [6.45, 7) is 11.4. The Morgan fingerprint density at radius 1 is 1.00 bits per heavy atom. The number of amides is 2. The van der Waals surface area contributed by atoms with Gasteiger partial charge in [0, 0.05) is 44.7 Å². The van der Waals surface area contributed by atoms with Crippen LogP contribution < -0.4 is 4.90 Å². The molecule has 0 radical (unpaired) electrons. The molecule has 166 valence electrons. The van der Waals surface area contributed by atoms with Crippen molar-refractivity contribution in [2.24, 2.45) is 5.92 Å². The average Bonchev–Trinajstić information content (AvgIpc) is 2.77. The molecule has 0 bridgehead atoms. The molecular weight excluding hydrogens is 390 g/mol. The van der Waals surface area contributed by atoms with Crippen LogP contribution in [0.3, 0.4) is 0 Å². The van der Waals surface area contributed by atoms with Crippen molar-refractivity contribution in [3.63, 3.8) is 0 Å². The minimum absolute atomic E-state index is 0.0133. The Hall–Kier alpha value is -2.96. The molecule has 1 fully saturated rings. The van der Waals surface area contributed by atoms with Crippen molar-refractivity contribution in [1.29, 1.82) is 0 Å². The van der Waals surface area contributed by atoms with E-state index >= 15 is 0 Å². The van der Waals surface area contributed by atoms with E-state index in [2.05, 4.69) is 46.3 Å². The first-order valence-corrected chi connectivity index (χ1v) is 11.1. The molecular formula is C24H33N5O2. The second kappa shape index (κ2) is 10.4. The van der Waals surface area contributed by atoms with Crippen molar-refractivity contribution in [3.05, 3.63) is 42.0 Å². The molecule has 0 N–H and O–H groups in total. The molecule has 31 heavy (non-hydrogen) atoms. The van der Waals surface area contributed by atoms with Gasteiger partial charge < -0.3 is 14.7 Å². The van der Waals surface area contributed by atoms with Gasteiger partial charge in [0.25, 0.3) is 0 Å². The molecule has 1 aliphatic heterocycles. The predicted molar refractivity (Wildman–Crippen MR) is 123 cm³/mol. The lowest BCUT2D eigenvalue weighted by molar-refractivity contribution is -0.141. The summed E-state index contributed by atoms with van der Waals surface area (Å²) >= 11 is 0. The number of anilines is 1. The SMILES string of the molecule is CCN(CC(=O)N1CCN(c2ccc(-c3ccc(C)cc3)nn2)CC1)C(=O)CC(C)C. The Kier molecular flexibility index (Phi) is 7.60. The molecule has 0 atom stereocenters. The Morgan fingerprint density at radius 3 is 2.23 bits per heavy atom. The Bertz CT molecular complexity index is 872. The van der Waals surface area contributed by atoms with Crippen LogP contribution >= 0.6 is 0 Å². The summed E-state index contributed by atoms with van der Waals surface area (Å²) in [5, 5.41) is 8.79. The highest BCUT2D eigenvalue weighted by Gasteiger charge is 2.25. The lowest BCUT2D eigenvalue weighted by Gasteiger charge is -2.36. The van der Waals surface area contributed by atoms with Gasteiger partial charge in [0.1, 0.15) is 0 Å². The van der Waals surface area contributed by atoms with Gasteiger partial charge >= 0.3 is 0 Å². The van der Waals surface area contributed by atoms with Crippen LogP contribution in [0.15, 0.2) is 36.4 Å². The number of hydrogen-bond acceptors (Lipinski definition) is 5. The van der Waals surface area contributed by atoms with Gasteiger partial charge in [-0.2, -0.15) is 0 Å². The summed E-state index contributed by atoms with van der Waals surface area (Å²) in [5.74, 6) is 1.18. The van der Waals surface area contributed by atoms with E-state index in [-0.39, 0.29) is 18.4 Å². The first kappa shape index (κ1) is 22.7. The van der Waals surface area contributed by atoms with E-state index in [1.807, 2.05) is 37.8 Å². The summed E-state index contributed by atoms with van der Waals surface area (Å²) in [6.07, 6.45) is 0.478. The fraction of sp³-hybridized carbons (Fsp3) is 0.500. The number of aryl methyl sites for hydroxylation is 1. The number of rotatable bonds is 7. The first-order valence-electron chi connectivity index (χ1n) is 11.1. The molecule has 0 unspecified atom stereocenters. The number of piperazine rings is 1. The van der Waals surface area contributed by atoms with E-state index in [1.165, 1.54) is 5.56 Å². The molecule has 3 rings (SSSR count). The smallest absolute Gasteiger partial charge is 0.242 e. The lowest BCUT2D eigenvalue weighted by atomic mass is 10.1. The molecule has 0 saturated carbocycles. The quantitative estimate of drug-likeness (QED) is 0.685. The van der Waals surface area contributed by atoms with Crippen LogP contribution in [0.2, 0.25) is 0 Å². The zero-order valence-corrected chi connectivity index (χ0v) is 19.0. The van der Waals surface area contributed by atoms with Gasteiger partial charge in [0.15, 0.2) is 5.82 Å². The molecule has 2 aromatic rings. The van der Waals surface area contributed by atoms with Gasteiger partial charge in [0.2, 0.25) is 11.8 Å². The van der Waals surface area contributed by atoms with Crippen LogP contribution in [0.5, 0.6) is 0 Å². The number of carbonyl (C=O) groups is 2. The molecule has 1 saturated heterocycles. The summed E-state index contributed by atoms with van der Waals surface area (Å²) in [7, 11) is 0. The van der Waals surface area contributed by atoms with Crippen LogP contribution in [0.25, 0.3) is 11.3 Å². The van der Waals surface area contributed by atoms with E-state index in [9.17, 15) is 9.59 Å². The van der Waals surface area contributed by atoms with E-state index in [1.54, 1.807) is 4.90 Å². The minimum Gasteiger partial charge on any atom is -0.352 e. The summed E-state index contributed by atoms with van der Waals surface area (Å²) in [4.78, 5) is 30.7. The molecule has 7 heteroatoms. The first-order chi connectivity index (χ1) is 14.9. The number of aromatic nitrogens is 2. The highest BCUT2D eigenvalue weighted by Crippen LogP contribution is 2.20. The standard InChI is InChI=1S/C24H33N5O2/c1-5-27(23(30)16-18(2)3)17-24(31)29-14-12-28(13-15-29)22-11-10-21(25-26-22)20-8-6-19(4)7-9-20/h6-11,18H,5,12-17H2,1-4H3. The molecule has 1 aromatic heterocycles. The maximum Gasteiger partial charge on any atom is 0.242 e. The van der Waals surface area contributed by atoms with Crippen molar-refractivity contribution in [2.75, 3.05) is 44.2 Å². The van der Waals surface area contributed by atoms with Gasteiger partial charge in [-0.1, -0.05) is 43.7 Å². The zero-order valence-electron chi connectivity index (χ0n) is 19.0. The van der Waals surface area contributed by atoms with E-state index in [0.717, 1.165) is 17.1 Å². The molecule has 0 spiro atoms. The van der Waals surface area contributed by atoms with Crippen LogP contribution in [0.4, 0.5) is 5.82 Å². The van der Waals surface area contributed by atoms with Crippen molar-refractivity contribution < 1.29 is 9.59 Å². The fourth-order valence-corrected chi connectivity index (χ4v) is 3.68.